The molecule has 0 spiro atoms. The normalized spacial score (nSPS) is 11.3. The van der Waals surface area contributed by atoms with Crippen molar-refractivity contribution in [2.75, 3.05) is 25.6 Å². The molecule has 0 amide bonds. The van der Waals surface area contributed by atoms with Gasteiger partial charge in [-0.25, -0.2) is 14.8 Å². The number of nitrogen functional groups attached to an aromatic ring is 1. The molecule has 0 radical (unpaired) electrons. The molecule has 2 N–H and O–H groups in total. The second-order valence-corrected chi connectivity index (χ2v) is 8.69. The first-order valence-corrected chi connectivity index (χ1v) is 12.0. The standard InChI is InChI=1S/C27H32N4O4/c1-5-33-21-12-11-18(15-22(21)34-6-2)13-14-31-25(28)23(27(32)35-16-17(3)4)24-26(31)30-20-10-8-7-9-19(20)29-24/h7-12,15,17H,5-6,13-14,16,28H2,1-4H3. The molecule has 0 bridgehead atoms. The second kappa shape index (κ2) is 10.6. The summed E-state index contributed by atoms with van der Waals surface area (Å²) in [6, 6.07) is 13.5. The quantitative estimate of drug-likeness (QED) is 0.321. The maximum Gasteiger partial charge on any atom is 0.344 e. The van der Waals surface area contributed by atoms with Crippen molar-refractivity contribution in [1.82, 2.24) is 14.5 Å². The van der Waals surface area contributed by atoms with Crippen molar-refractivity contribution in [2.24, 2.45) is 5.92 Å². The van der Waals surface area contributed by atoms with Crippen molar-refractivity contribution in [1.29, 1.82) is 0 Å². The molecule has 0 unspecified atom stereocenters. The van der Waals surface area contributed by atoms with E-state index in [-0.39, 0.29) is 11.5 Å². The van der Waals surface area contributed by atoms with Crippen LogP contribution in [0.3, 0.4) is 0 Å². The van der Waals surface area contributed by atoms with E-state index in [4.69, 9.17) is 29.9 Å². The van der Waals surface area contributed by atoms with Gasteiger partial charge in [-0.05, 0) is 56.0 Å². The van der Waals surface area contributed by atoms with E-state index in [9.17, 15) is 4.79 Å². The molecule has 0 fully saturated rings. The lowest BCUT2D eigenvalue weighted by molar-refractivity contribution is 0.0462. The third kappa shape index (κ3) is 5.16. The van der Waals surface area contributed by atoms with E-state index >= 15 is 0 Å². The topological polar surface area (TPSA) is 101 Å². The first-order chi connectivity index (χ1) is 16.9. The molecule has 8 nitrogen and oxygen atoms in total. The summed E-state index contributed by atoms with van der Waals surface area (Å²) in [6.07, 6.45) is 0.648. The van der Waals surface area contributed by atoms with Crippen LogP contribution in [-0.4, -0.2) is 40.3 Å². The Balaban J connectivity index is 1.73. The number of fused-ring (bicyclic) bond motifs is 2. The number of benzene rings is 2. The predicted molar refractivity (Wildman–Crippen MR) is 137 cm³/mol. The van der Waals surface area contributed by atoms with Crippen LogP contribution in [0.15, 0.2) is 42.5 Å². The Morgan fingerprint density at radius 1 is 1.00 bits per heavy atom. The van der Waals surface area contributed by atoms with Gasteiger partial charge < -0.3 is 24.5 Å². The number of aryl methyl sites for hydroxylation is 2. The van der Waals surface area contributed by atoms with Crippen LogP contribution in [0.25, 0.3) is 22.2 Å². The third-order valence-corrected chi connectivity index (χ3v) is 5.58. The second-order valence-electron chi connectivity index (χ2n) is 8.69. The number of aromatic nitrogens is 3. The van der Waals surface area contributed by atoms with Gasteiger partial charge in [0, 0.05) is 6.54 Å². The molecule has 0 aliphatic rings. The monoisotopic (exact) mass is 476 g/mol. The van der Waals surface area contributed by atoms with Crippen LogP contribution in [0.1, 0.15) is 43.6 Å². The average molecular weight is 477 g/mol. The maximum absolute atomic E-state index is 13.0. The van der Waals surface area contributed by atoms with Gasteiger partial charge in [0.15, 0.2) is 17.1 Å². The Hall–Kier alpha value is -3.81. The highest BCUT2D eigenvalue weighted by Crippen LogP contribution is 2.31. The number of ether oxygens (including phenoxy) is 3. The van der Waals surface area contributed by atoms with Crippen molar-refractivity contribution in [2.45, 2.75) is 40.7 Å². The summed E-state index contributed by atoms with van der Waals surface area (Å²) in [5.41, 5.74) is 10.3. The lowest BCUT2D eigenvalue weighted by Gasteiger charge is -2.13. The summed E-state index contributed by atoms with van der Waals surface area (Å²) in [4.78, 5) is 22.5. The molecular weight excluding hydrogens is 444 g/mol. The van der Waals surface area contributed by atoms with Crippen molar-refractivity contribution < 1.29 is 19.0 Å². The largest absolute Gasteiger partial charge is 0.490 e. The molecule has 2 heterocycles. The molecule has 4 rings (SSSR count). The summed E-state index contributed by atoms with van der Waals surface area (Å²) in [7, 11) is 0. The number of hydrogen-bond acceptors (Lipinski definition) is 7. The van der Waals surface area contributed by atoms with Crippen molar-refractivity contribution in [3.63, 3.8) is 0 Å². The number of esters is 1. The van der Waals surface area contributed by atoms with Crippen LogP contribution in [0.5, 0.6) is 11.5 Å². The number of nitrogens with zero attached hydrogens (tertiary/aromatic N) is 3. The van der Waals surface area contributed by atoms with E-state index in [1.165, 1.54) is 0 Å². The minimum Gasteiger partial charge on any atom is -0.490 e. The molecule has 4 aromatic rings. The third-order valence-electron chi connectivity index (χ3n) is 5.58. The van der Waals surface area contributed by atoms with E-state index in [0.717, 1.165) is 16.8 Å². The molecule has 35 heavy (non-hydrogen) atoms. The Kier molecular flexibility index (Phi) is 7.39. The number of para-hydroxylation sites is 2. The molecule has 0 atom stereocenters. The smallest absolute Gasteiger partial charge is 0.344 e. The highest BCUT2D eigenvalue weighted by Gasteiger charge is 2.25. The van der Waals surface area contributed by atoms with E-state index in [0.29, 0.717) is 61.0 Å². The van der Waals surface area contributed by atoms with Crippen LogP contribution in [0.2, 0.25) is 0 Å². The zero-order valence-electron chi connectivity index (χ0n) is 20.7. The Bertz CT molecular complexity index is 1350. The van der Waals surface area contributed by atoms with E-state index in [1.807, 2.05) is 74.7 Å². The van der Waals surface area contributed by atoms with Crippen LogP contribution < -0.4 is 15.2 Å². The van der Waals surface area contributed by atoms with Gasteiger partial charge in [-0.2, -0.15) is 0 Å². The Labute approximate surface area is 205 Å². The van der Waals surface area contributed by atoms with Gasteiger partial charge in [0.2, 0.25) is 0 Å². The zero-order valence-corrected chi connectivity index (χ0v) is 20.7. The first-order valence-electron chi connectivity index (χ1n) is 12.0. The van der Waals surface area contributed by atoms with Crippen LogP contribution in [0, 0.1) is 5.92 Å². The number of rotatable bonds is 10. The lowest BCUT2D eigenvalue weighted by atomic mass is 10.1. The highest BCUT2D eigenvalue weighted by atomic mass is 16.5. The molecule has 8 heteroatoms. The van der Waals surface area contributed by atoms with Gasteiger partial charge in [0.1, 0.15) is 16.9 Å². The lowest BCUT2D eigenvalue weighted by Crippen LogP contribution is -2.13. The number of carbonyl (C=O) groups excluding carboxylic acids is 1. The summed E-state index contributed by atoms with van der Waals surface area (Å²) >= 11 is 0. The average Bonchev–Trinajstić information content (AvgIpc) is 3.11. The van der Waals surface area contributed by atoms with Gasteiger partial charge in [0.05, 0.1) is 30.9 Å². The van der Waals surface area contributed by atoms with Gasteiger partial charge in [0.25, 0.3) is 0 Å². The Morgan fingerprint density at radius 2 is 1.69 bits per heavy atom. The van der Waals surface area contributed by atoms with Crippen molar-refractivity contribution >= 4 is 34.0 Å². The Morgan fingerprint density at radius 3 is 2.37 bits per heavy atom. The molecule has 0 saturated carbocycles. The molecule has 0 saturated heterocycles. The van der Waals surface area contributed by atoms with Gasteiger partial charge >= 0.3 is 5.97 Å². The van der Waals surface area contributed by atoms with Crippen molar-refractivity contribution in [3.05, 3.63) is 53.6 Å². The molecular formula is C27H32N4O4. The summed E-state index contributed by atoms with van der Waals surface area (Å²) in [5, 5.41) is 0. The number of carbonyl (C=O) groups is 1. The van der Waals surface area contributed by atoms with E-state index < -0.39 is 5.97 Å². The number of nitrogens with two attached hydrogens (primary N) is 1. The number of anilines is 1. The zero-order chi connectivity index (χ0) is 24.9. The van der Waals surface area contributed by atoms with Gasteiger partial charge in [-0.15, -0.1) is 0 Å². The van der Waals surface area contributed by atoms with Crippen LogP contribution in [0.4, 0.5) is 5.82 Å². The van der Waals surface area contributed by atoms with Crippen LogP contribution >= 0.6 is 0 Å². The molecule has 2 aromatic heterocycles. The summed E-state index contributed by atoms with van der Waals surface area (Å²) < 4.78 is 18.8. The summed E-state index contributed by atoms with van der Waals surface area (Å²) in [6.45, 7) is 9.78. The first kappa shape index (κ1) is 24.3. The fourth-order valence-electron chi connectivity index (χ4n) is 3.95. The molecule has 0 aliphatic heterocycles. The SMILES string of the molecule is CCOc1ccc(CCn2c(N)c(C(=O)OCC(C)C)c3nc4ccccc4nc32)cc1OCC. The fourth-order valence-corrected chi connectivity index (χ4v) is 3.95. The molecule has 184 valence electrons. The highest BCUT2D eigenvalue weighted by molar-refractivity contribution is 6.08. The minimum atomic E-state index is -0.482. The van der Waals surface area contributed by atoms with E-state index in [1.54, 1.807) is 0 Å². The van der Waals surface area contributed by atoms with Crippen LogP contribution in [-0.2, 0) is 17.7 Å². The predicted octanol–water partition coefficient (Wildman–Crippen LogP) is 5.02. The minimum absolute atomic E-state index is 0.208. The number of hydrogen-bond donors (Lipinski definition) is 1. The van der Waals surface area contributed by atoms with Gasteiger partial charge in [-0.1, -0.05) is 32.0 Å². The molecule has 2 aromatic carbocycles. The summed E-state index contributed by atoms with van der Waals surface area (Å²) in [5.74, 6) is 1.46. The maximum atomic E-state index is 13.0. The van der Waals surface area contributed by atoms with Crippen molar-refractivity contribution in [3.8, 4) is 11.5 Å². The van der Waals surface area contributed by atoms with E-state index in [2.05, 4.69) is 0 Å². The molecule has 0 aliphatic carbocycles. The van der Waals surface area contributed by atoms with Gasteiger partial charge in [-0.3, -0.25) is 0 Å². The fraction of sp³-hybridized carbons (Fsp3) is 0.370.